The lowest BCUT2D eigenvalue weighted by Gasteiger charge is -2.33. The molecule has 2 fully saturated rings. The van der Waals surface area contributed by atoms with Crippen molar-refractivity contribution in [3.8, 4) is 0 Å². The summed E-state index contributed by atoms with van der Waals surface area (Å²) in [6.45, 7) is 3.18. The molecule has 0 aromatic heterocycles. The van der Waals surface area contributed by atoms with Crippen LogP contribution < -0.4 is 5.32 Å². The second-order valence-electron chi connectivity index (χ2n) is 9.01. The Morgan fingerprint density at radius 1 is 1.03 bits per heavy atom. The molecule has 0 radical (unpaired) electrons. The molecule has 1 aliphatic carbocycles. The number of rotatable bonds is 8. The van der Waals surface area contributed by atoms with Gasteiger partial charge in [-0.2, -0.15) is 0 Å². The molecule has 4 atom stereocenters. The number of benzene rings is 2. The second-order valence-corrected chi connectivity index (χ2v) is 9.01. The maximum absolute atomic E-state index is 13.3. The summed E-state index contributed by atoms with van der Waals surface area (Å²) in [4.78, 5) is 28.3. The standard InChI is InChI=1S/C27H34N2O3/c1-20(21-11-4-2-5-12-21)32-18-10-17-28-26(30)25-19-23-15-8-9-16-24(23)29(25)27(31)22-13-6-3-7-14-22/h2-7,11-14,20,23-25H,8-10,15-19H2,1H3,(H,28,30). The highest BCUT2D eigenvalue weighted by Crippen LogP contribution is 2.40. The van der Waals surface area contributed by atoms with E-state index in [1.807, 2.05) is 60.4 Å². The lowest BCUT2D eigenvalue weighted by atomic mass is 9.84. The minimum Gasteiger partial charge on any atom is -0.374 e. The zero-order chi connectivity index (χ0) is 22.3. The number of ether oxygens (including phenoxy) is 1. The summed E-state index contributed by atoms with van der Waals surface area (Å²) < 4.78 is 5.91. The van der Waals surface area contributed by atoms with Gasteiger partial charge in [0.2, 0.25) is 5.91 Å². The van der Waals surface area contributed by atoms with Gasteiger partial charge in [0.05, 0.1) is 6.10 Å². The first-order valence-electron chi connectivity index (χ1n) is 12.0. The minimum atomic E-state index is -0.375. The molecular formula is C27H34N2O3. The zero-order valence-electron chi connectivity index (χ0n) is 18.9. The average molecular weight is 435 g/mol. The van der Waals surface area contributed by atoms with Crippen molar-refractivity contribution < 1.29 is 14.3 Å². The van der Waals surface area contributed by atoms with E-state index in [4.69, 9.17) is 4.74 Å². The Kier molecular flexibility index (Phi) is 7.59. The largest absolute Gasteiger partial charge is 0.374 e. The summed E-state index contributed by atoms with van der Waals surface area (Å²) in [6, 6.07) is 19.3. The molecule has 1 saturated heterocycles. The van der Waals surface area contributed by atoms with Crippen LogP contribution >= 0.6 is 0 Å². The Hall–Kier alpha value is -2.66. The summed E-state index contributed by atoms with van der Waals surface area (Å²) in [5.41, 5.74) is 1.82. The molecule has 4 rings (SSSR count). The molecule has 2 aromatic rings. The lowest BCUT2D eigenvalue weighted by molar-refractivity contribution is -0.125. The molecule has 0 bridgehead atoms. The van der Waals surface area contributed by atoms with Crippen LogP contribution in [0.15, 0.2) is 60.7 Å². The van der Waals surface area contributed by atoms with E-state index >= 15 is 0 Å². The van der Waals surface area contributed by atoms with Crippen molar-refractivity contribution >= 4 is 11.8 Å². The third-order valence-corrected chi connectivity index (χ3v) is 6.90. The molecule has 5 heteroatoms. The quantitative estimate of drug-likeness (QED) is 0.611. The van der Waals surface area contributed by atoms with Gasteiger partial charge in [-0.1, -0.05) is 61.4 Å². The predicted octanol–water partition coefficient (Wildman–Crippen LogP) is 4.74. The van der Waals surface area contributed by atoms with Crippen LogP contribution in [0.3, 0.4) is 0 Å². The van der Waals surface area contributed by atoms with Gasteiger partial charge < -0.3 is 15.0 Å². The van der Waals surface area contributed by atoms with Crippen LogP contribution in [0.25, 0.3) is 0 Å². The van der Waals surface area contributed by atoms with Crippen molar-refractivity contribution in [3.05, 3.63) is 71.8 Å². The van der Waals surface area contributed by atoms with Crippen LogP contribution in [0.5, 0.6) is 0 Å². The molecule has 2 aromatic carbocycles. The van der Waals surface area contributed by atoms with Crippen molar-refractivity contribution in [2.24, 2.45) is 5.92 Å². The average Bonchev–Trinajstić information content (AvgIpc) is 3.24. The molecule has 2 amide bonds. The fourth-order valence-corrected chi connectivity index (χ4v) is 5.20. The van der Waals surface area contributed by atoms with Gasteiger partial charge in [-0.25, -0.2) is 0 Å². The normalized spacial score (nSPS) is 23.4. The van der Waals surface area contributed by atoms with Gasteiger partial charge in [0.25, 0.3) is 5.91 Å². The van der Waals surface area contributed by atoms with Crippen molar-refractivity contribution in [3.63, 3.8) is 0 Å². The molecule has 32 heavy (non-hydrogen) atoms. The fourth-order valence-electron chi connectivity index (χ4n) is 5.20. The van der Waals surface area contributed by atoms with Gasteiger partial charge >= 0.3 is 0 Å². The molecule has 4 unspecified atom stereocenters. The van der Waals surface area contributed by atoms with Crippen LogP contribution in [-0.4, -0.2) is 41.9 Å². The number of carbonyl (C=O) groups is 2. The SMILES string of the molecule is CC(OCCCNC(=O)C1CC2CCCCC2N1C(=O)c1ccccc1)c1ccccc1. The number of amides is 2. The third kappa shape index (κ3) is 5.21. The maximum atomic E-state index is 13.3. The van der Waals surface area contributed by atoms with Crippen molar-refractivity contribution in [1.29, 1.82) is 0 Å². The van der Waals surface area contributed by atoms with Gasteiger partial charge in [-0.05, 0) is 56.2 Å². The molecule has 1 saturated carbocycles. The first-order valence-corrected chi connectivity index (χ1v) is 12.0. The molecule has 1 heterocycles. The van der Waals surface area contributed by atoms with Crippen LogP contribution in [0.4, 0.5) is 0 Å². The van der Waals surface area contributed by atoms with Crippen LogP contribution in [0.2, 0.25) is 0 Å². The van der Waals surface area contributed by atoms with E-state index in [0.717, 1.165) is 37.7 Å². The third-order valence-electron chi connectivity index (χ3n) is 6.90. The summed E-state index contributed by atoms with van der Waals surface area (Å²) in [7, 11) is 0. The number of fused-ring (bicyclic) bond motifs is 1. The zero-order valence-corrected chi connectivity index (χ0v) is 18.9. The predicted molar refractivity (Wildman–Crippen MR) is 125 cm³/mol. The van der Waals surface area contributed by atoms with E-state index in [1.54, 1.807) is 0 Å². The summed E-state index contributed by atoms with van der Waals surface area (Å²) in [5, 5.41) is 3.07. The van der Waals surface area contributed by atoms with Crippen LogP contribution in [-0.2, 0) is 9.53 Å². The van der Waals surface area contributed by atoms with Gasteiger partial charge in [-0.15, -0.1) is 0 Å². The van der Waals surface area contributed by atoms with Gasteiger partial charge in [-0.3, -0.25) is 9.59 Å². The van der Waals surface area contributed by atoms with E-state index in [0.29, 0.717) is 24.6 Å². The Labute approximate surface area is 191 Å². The Bertz CT molecular complexity index is 886. The van der Waals surface area contributed by atoms with Crippen molar-refractivity contribution in [2.75, 3.05) is 13.2 Å². The first-order chi connectivity index (χ1) is 15.6. The number of likely N-dealkylation sites (tertiary alicyclic amines) is 1. The molecule has 5 nitrogen and oxygen atoms in total. The Morgan fingerprint density at radius 2 is 1.72 bits per heavy atom. The van der Waals surface area contributed by atoms with E-state index in [9.17, 15) is 9.59 Å². The van der Waals surface area contributed by atoms with Gasteiger partial charge in [0.1, 0.15) is 6.04 Å². The molecule has 2 aliphatic rings. The second kappa shape index (κ2) is 10.8. The molecule has 1 aliphatic heterocycles. The highest BCUT2D eigenvalue weighted by molar-refractivity contribution is 5.98. The summed E-state index contributed by atoms with van der Waals surface area (Å²) >= 11 is 0. The highest BCUT2D eigenvalue weighted by Gasteiger charge is 2.47. The minimum absolute atomic E-state index is 0.0137. The molecular weight excluding hydrogens is 400 g/mol. The fraction of sp³-hybridized carbons (Fsp3) is 0.481. The summed E-state index contributed by atoms with van der Waals surface area (Å²) in [6.07, 6.45) is 5.98. The first kappa shape index (κ1) is 22.5. The van der Waals surface area contributed by atoms with Crippen molar-refractivity contribution in [2.45, 2.75) is 63.6 Å². The van der Waals surface area contributed by atoms with Crippen LogP contribution in [0, 0.1) is 5.92 Å². The summed E-state index contributed by atoms with van der Waals surface area (Å²) in [5.74, 6) is 0.391. The van der Waals surface area contributed by atoms with Crippen LogP contribution in [0.1, 0.15) is 67.5 Å². The van der Waals surface area contributed by atoms with E-state index < -0.39 is 0 Å². The van der Waals surface area contributed by atoms with Gasteiger partial charge in [0.15, 0.2) is 0 Å². The number of nitrogens with one attached hydrogen (secondary N) is 1. The monoisotopic (exact) mass is 434 g/mol. The maximum Gasteiger partial charge on any atom is 0.254 e. The smallest absolute Gasteiger partial charge is 0.254 e. The highest BCUT2D eigenvalue weighted by atomic mass is 16.5. The lowest BCUT2D eigenvalue weighted by Crippen LogP contribution is -2.49. The van der Waals surface area contributed by atoms with E-state index in [-0.39, 0.29) is 30.0 Å². The molecule has 170 valence electrons. The Morgan fingerprint density at radius 3 is 2.47 bits per heavy atom. The number of nitrogens with zero attached hydrogens (tertiary/aromatic N) is 1. The number of carbonyl (C=O) groups excluding carboxylic acids is 2. The topological polar surface area (TPSA) is 58.6 Å². The van der Waals surface area contributed by atoms with E-state index in [2.05, 4.69) is 17.4 Å². The molecule has 0 spiro atoms. The number of hydrogen-bond donors (Lipinski definition) is 1. The van der Waals surface area contributed by atoms with E-state index in [1.165, 1.54) is 6.42 Å². The molecule has 1 N–H and O–H groups in total. The van der Waals surface area contributed by atoms with Gasteiger partial charge in [0, 0.05) is 24.8 Å². The number of hydrogen-bond acceptors (Lipinski definition) is 3. The Balaban J connectivity index is 1.31. The van der Waals surface area contributed by atoms with Crippen molar-refractivity contribution in [1.82, 2.24) is 10.2 Å².